The zero-order valence-electron chi connectivity index (χ0n) is 8.72. The standard InChI is InChI=1S/C11H19ClO/c1-7-4-5-9(13-7)10-8(6-12)11(10,2)3/h7-10H,4-6H2,1-3H3. The Morgan fingerprint density at radius 3 is 2.46 bits per heavy atom. The summed E-state index contributed by atoms with van der Waals surface area (Å²) in [7, 11) is 0. The summed E-state index contributed by atoms with van der Waals surface area (Å²) < 4.78 is 5.89. The largest absolute Gasteiger partial charge is 0.375 e. The molecule has 4 unspecified atom stereocenters. The third-order valence-corrected chi connectivity index (χ3v) is 4.30. The van der Waals surface area contributed by atoms with E-state index in [1.165, 1.54) is 12.8 Å². The van der Waals surface area contributed by atoms with E-state index in [1.54, 1.807) is 0 Å². The van der Waals surface area contributed by atoms with Crippen LogP contribution in [0.1, 0.15) is 33.6 Å². The summed E-state index contributed by atoms with van der Waals surface area (Å²) in [6, 6.07) is 0. The molecule has 1 aliphatic heterocycles. The lowest BCUT2D eigenvalue weighted by Crippen LogP contribution is -2.14. The Morgan fingerprint density at radius 1 is 1.38 bits per heavy atom. The summed E-state index contributed by atoms with van der Waals surface area (Å²) in [4.78, 5) is 0. The molecule has 0 aromatic rings. The number of hydrogen-bond acceptors (Lipinski definition) is 1. The van der Waals surface area contributed by atoms with E-state index in [4.69, 9.17) is 16.3 Å². The molecular weight excluding hydrogens is 184 g/mol. The number of hydrogen-bond donors (Lipinski definition) is 0. The Morgan fingerprint density at radius 2 is 2.08 bits per heavy atom. The molecule has 0 spiro atoms. The maximum atomic E-state index is 5.94. The highest BCUT2D eigenvalue weighted by atomic mass is 35.5. The average Bonchev–Trinajstić information content (AvgIpc) is 2.41. The Kier molecular flexibility index (Phi) is 2.36. The van der Waals surface area contributed by atoms with Crippen molar-refractivity contribution in [1.29, 1.82) is 0 Å². The first kappa shape index (κ1) is 9.79. The third-order valence-electron chi connectivity index (χ3n) is 3.97. The molecular formula is C11H19ClO. The lowest BCUT2D eigenvalue weighted by atomic mass is 10.0. The van der Waals surface area contributed by atoms with E-state index in [0.717, 1.165) is 11.8 Å². The first-order chi connectivity index (χ1) is 6.07. The molecule has 2 aliphatic rings. The van der Waals surface area contributed by atoms with E-state index in [0.29, 0.717) is 23.5 Å². The molecule has 76 valence electrons. The molecule has 4 atom stereocenters. The highest BCUT2D eigenvalue weighted by Gasteiger charge is 2.61. The summed E-state index contributed by atoms with van der Waals surface area (Å²) in [5.41, 5.74) is 0.427. The van der Waals surface area contributed by atoms with Gasteiger partial charge < -0.3 is 4.74 Å². The quantitative estimate of drug-likeness (QED) is 0.626. The van der Waals surface area contributed by atoms with Crippen LogP contribution in [0.25, 0.3) is 0 Å². The topological polar surface area (TPSA) is 9.23 Å². The van der Waals surface area contributed by atoms with Gasteiger partial charge in [0, 0.05) is 5.88 Å². The van der Waals surface area contributed by atoms with Crippen LogP contribution in [-0.4, -0.2) is 18.1 Å². The molecule has 0 aromatic carbocycles. The predicted molar refractivity (Wildman–Crippen MR) is 55.1 cm³/mol. The van der Waals surface area contributed by atoms with Gasteiger partial charge in [-0.1, -0.05) is 13.8 Å². The smallest absolute Gasteiger partial charge is 0.0616 e. The van der Waals surface area contributed by atoms with Crippen LogP contribution in [0.2, 0.25) is 0 Å². The van der Waals surface area contributed by atoms with E-state index in [1.807, 2.05) is 0 Å². The van der Waals surface area contributed by atoms with Crippen LogP contribution in [-0.2, 0) is 4.74 Å². The van der Waals surface area contributed by atoms with Crippen LogP contribution in [0.5, 0.6) is 0 Å². The molecule has 0 N–H and O–H groups in total. The number of alkyl halides is 1. The monoisotopic (exact) mass is 202 g/mol. The van der Waals surface area contributed by atoms with Crippen molar-refractivity contribution < 1.29 is 4.74 Å². The second-order valence-electron chi connectivity index (χ2n) is 5.17. The van der Waals surface area contributed by atoms with E-state index >= 15 is 0 Å². The van der Waals surface area contributed by atoms with Crippen LogP contribution >= 0.6 is 11.6 Å². The van der Waals surface area contributed by atoms with E-state index < -0.39 is 0 Å². The van der Waals surface area contributed by atoms with E-state index in [-0.39, 0.29) is 0 Å². The lowest BCUT2D eigenvalue weighted by molar-refractivity contribution is 0.0343. The molecule has 0 aromatic heterocycles. The molecule has 2 fully saturated rings. The number of rotatable bonds is 2. The molecule has 1 aliphatic carbocycles. The summed E-state index contributed by atoms with van der Waals surface area (Å²) in [5, 5.41) is 0. The van der Waals surface area contributed by atoms with Gasteiger partial charge in [0.05, 0.1) is 12.2 Å². The highest BCUT2D eigenvalue weighted by molar-refractivity contribution is 6.18. The Hall–Kier alpha value is 0.250. The van der Waals surface area contributed by atoms with Crippen molar-refractivity contribution in [2.45, 2.75) is 45.8 Å². The maximum Gasteiger partial charge on any atom is 0.0616 e. The molecule has 0 radical (unpaired) electrons. The van der Waals surface area contributed by atoms with Gasteiger partial charge in [-0.05, 0) is 37.0 Å². The van der Waals surface area contributed by atoms with Gasteiger partial charge in [-0.15, -0.1) is 11.6 Å². The molecule has 0 amide bonds. The van der Waals surface area contributed by atoms with E-state index in [9.17, 15) is 0 Å². The Labute approximate surface area is 85.8 Å². The van der Waals surface area contributed by atoms with Crippen LogP contribution in [0.3, 0.4) is 0 Å². The van der Waals surface area contributed by atoms with Crippen molar-refractivity contribution in [3.8, 4) is 0 Å². The van der Waals surface area contributed by atoms with Gasteiger partial charge in [0.1, 0.15) is 0 Å². The van der Waals surface area contributed by atoms with Gasteiger partial charge in [-0.2, -0.15) is 0 Å². The third kappa shape index (κ3) is 1.50. The van der Waals surface area contributed by atoms with Crippen molar-refractivity contribution >= 4 is 11.6 Å². The molecule has 1 saturated carbocycles. The summed E-state index contributed by atoms with van der Waals surface area (Å²) in [6.07, 6.45) is 3.43. The first-order valence-electron chi connectivity index (χ1n) is 5.28. The average molecular weight is 203 g/mol. The summed E-state index contributed by atoms with van der Waals surface area (Å²) in [6.45, 7) is 6.80. The Balaban J connectivity index is 1.96. The number of ether oxygens (including phenoxy) is 1. The lowest BCUT2D eigenvalue weighted by Gasteiger charge is -2.12. The predicted octanol–water partition coefficient (Wildman–Crippen LogP) is 3.06. The second kappa shape index (κ2) is 3.13. The van der Waals surface area contributed by atoms with Gasteiger partial charge in [0.15, 0.2) is 0 Å². The van der Waals surface area contributed by atoms with Gasteiger partial charge in [0.2, 0.25) is 0 Å². The number of halogens is 1. The summed E-state index contributed by atoms with van der Waals surface area (Å²) in [5.74, 6) is 2.20. The van der Waals surface area contributed by atoms with Gasteiger partial charge in [-0.3, -0.25) is 0 Å². The zero-order chi connectivity index (χ0) is 9.64. The van der Waals surface area contributed by atoms with Crippen LogP contribution in [0.15, 0.2) is 0 Å². The summed E-state index contributed by atoms with van der Waals surface area (Å²) >= 11 is 5.94. The van der Waals surface area contributed by atoms with Crippen LogP contribution in [0, 0.1) is 17.3 Å². The molecule has 2 rings (SSSR count). The fraction of sp³-hybridized carbons (Fsp3) is 1.00. The Bertz CT molecular complexity index is 202. The van der Waals surface area contributed by atoms with Crippen molar-refractivity contribution in [1.82, 2.24) is 0 Å². The van der Waals surface area contributed by atoms with E-state index in [2.05, 4.69) is 20.8 Å². The second-order valence-corrected chi connectivity index (χ2v) is 5.48. The van der Waals surface area contributed by atoms with Gasteiger partial charge in [-0.25, -0.2) is 0 Å². The minimum atomic E-state index is 0.427. The molecule has 0 bridgehead atoms. The van der Waals surface area contributed by atoms with Crippen molar-refractivity contribution in [2.24, 2.45) is 17.3 Å². The molecule has 13 heavy (non-hydrogen) atoms. The SMILES string of the molecule is CC1CCC(C2C(CCl)C2(C)C)O1. The highest BCUT2D eigenvalue weighted by Crippen LogP contribution is 2.62. The normalized spacial score (nSPS) is 48.0. The minimum absolute atomic E-state index is 0.427. The maximum absolute atomic E-state index is 5.94. The van der Waals surface area contributed by atoms with Crippen LogP contribution in [0.4, 0.5) is 0 Å². The molecule has 1 nitrogen and oxygen atoms in total. The van der Waals surface area contributed by atoms with Crippen LogP contribution < -0.4 is 0 Å². The first-order valence-corrected chi connectivity index (χ1v) is 5.82. The van der Waals surface area contributed by atoms with Crippen molar-refractivity contribution in [2.75, 3.05) is 5.88 Å². The molecule has 1 heterocycles. The van der Waals surface area contributed by atoms with Gasteiger partial charge >= 0.3 is 0 Å². The van der Waals surface area contributed by atoms with Crippen molar-refractivity contribution in [3.63, 3.8) is 0 Å². The minimum Gasteiger partial charge on any atom is -0.375 e. The molecule has 1 saturated heterocycles. The van der Waals surface area contributed by atoms with Gasteiger partial charge in [0.25, 0.3) is 0 Å². The molecule has 2 heteroatoms. The van der Waals surface area contributed by atoms with Crippen molar-refractivity contribution in [3.05, 3.63) is 0 Å². The fourth-order valence-electron chi connectivity index (χ4n) is 2.92. The zero-order valence-corrected chi connectivity index (χ0v) is 9.47. The fourth-order valence-corrected chi connectivity index (χ4v) is 3.51.